The molecule has 5 heteroatoms. The molecule has 106 valence electrons. The molecule has 4 nitrogen and oxygen atoms in total. The molecular weight excluding hydrogens is 284 g/mol. The number of nitrogens with zero attached hydrogens (tertiary/aromatic N) is 1. The molecule has 0 unspecified atom stereocenters. The molecule has 0 bridgehead atoms. The van der Waals surface area contributed by atoms with Crippen LogP contribution in [0.5, 0.6) is 0 Å². The Balaban J connectivity index is 2.19. The number of hydrogen-bond acceptors (Lipinski definition) is 4. The van der Waals surface area contributed by atoms with Crippen LogP contribution >= 0.6 is 11.8 Å². The van der Waals surface area contributed by atoms with Crippen LogP contribution in [0.2, 0.25) is 0 Å². The quantitative estimate of drug-likeness (QED) is 0.825. The van der Waals surface area contributed by atoms with E-state index in [4.69, 9.17) is 5.11 Å². The SMILES string of the molecule is CSc1cccc(NCc2cccc(C(=O)O)c2)c1C#N. The predicted molar refractivity (Wildman–Crippen MR) is 83.7 cm³/mol. The normalized spacial score (nSPS) is 9.90. The van der Waals surface area contributed by atoms with Gasteiger partial charge in [-0.25, -0.2) is 4.79 Å². The lowest BCUT2D eigenvalue weighted by molar-refractivity contribution is 0.0697. The maximum atomic E-state index is 10.9. The molecular formula is C16H14N2O2S. The van der Waals surface area contributed by atoms with Crippen molar-refractivity contribution in [2.24, 2.45) is 0 Å². The Bertz CT molecular complexity index is 708. The highest BCUT2D eigenvalue weighted by Crippen LogP contribution is 2.26. The molecule has 0 spiro atoms. The maximum absolute atomic E-state index is 10.9. The molecule has 0 fully saturated rings. The summed E-state index contributed by atoms with van der Waals surface area (Å²) in [5.41, 5.74) is 2.48. The van der Waals surface area contributed by atoms with Crippen molar-refractivity contribution in [1.29, 1.82) is 5.26 Å². The Labute approximate surface area is 127 Å². The number of aromatic carboxylic acids is 1. The van der Waals surface area contributed by atoms with E-state index in [1.807, 2.05) is 30.5 Å². The van der Waals surface area contributed by atoms with E-state index in [0.29, 0.717) is 12.1 Å². The molecule has 0 aliphatic rings. The van der Waals surface area contributed by atoms with E-state index < -0.39 is 5.97 Å². The van der Waals surface area contributed by atoms with Crippen molar-refractivity contribution in [2.75, 3.05) is 11.6 Å². The highest BCUT2D eigenvalue weighted by molar-refractivity contribution is 7.98. The average Bonchev–Trinajstić information content (AvgIpc) is 2.52. The minimum atomic E-state index is -0.945. The molecule has 0 aromatic heterocycles. The third-order valence-electron chi connectivity index (χ3n) is 3.01. The van der Waals surface area contributed by atoms with Gasteiger partial charge in [-0.1, -0.05) is 18.2 Å². The summed E-state index contributed by atoms with van der Waals surface area (Å²) >= 11 is 1.52. The van der Waals surface area contributed by atoms with Crippen LogP contribution in [0.1, 0.15) is 21.5 Å². The van der Waals surface area contributed by atoms with E-state index in [1.54, 1.807) is 18.2 Å². The topological polar surface area (TPSA) is 73.1 Å². The summed E-state index contributed by atoms with van der Waals surface area (Å²) in [6.07, 6.45) is 1.93. The molecule has 2 aromatic rings. The van der Waals surface area contributed by atoms with E-state index in [9.17, 15) is 10.1 Å². The van der Waals surface area contributed by atoms with Crippen LogP contribution in [-0.2, 0) is 6.54 Å². The zero-order chi connectivity index (χ0) is 15.2. The molecule has 0 aliphatic heterocycles. The second-order valence-corrected chi connectivity index (χ2v) is 5.20. The largest absolute Gasteiger partial charge is 0.478 e. The Morgan fingerprint density at radius 2 is 2.10 bits per heavy atom. The van der Waals surface area contributed by atoms with Crippen LogP contribution < -0.4 is 5.32 Å². The van der Waals surface area contributed by atoms with E-state index in [-0.39, 0.29) is 5.56 Å². The number of carbonyl (C=O) groups is 1. The summed E-state index contributed by atoms with van der Waals surface area (Å²) in [5.74, 6) is -0.945. The van der Waals surface area contributed by atoms with Gasteiger partial charge in [0.1, 0.15) is 6.07 Å². The number of thioether (sulfide) groups is 1. The van der Waals surface area contributed by atoms with Crippen LogP contribution in [0.15, 0.2) is 47.4 Å². The van der Waals surface area contributed by atoms with Gasteiger partial charge >= 0.3 is 5.97 Å². The highest BCUT2D eigenvalue weighted by atomic mass is 32.2. The van der Waals surface area contributed by atoms with Crippen LogP contribution in [0.4, 0.5) is 5.69 Å². The molecule has 0 saturated heterocycles. The van der Waals surface area contributed by atoms with Crippen molar-refractivity contribution in [3.8, 4) is 6.07 Å². The molecule has 2 rings (SSSR count). The Morgan fingerprint density at radius 1 is 1.33 bits per heavy atom. The first-order valence-electron chi connectivity index (χ1n) is 6.29. The number of nitrogens with one attached hydrogen (secondary N) is 1. The van der Waals surface area contributed by atoms with Crippen LogP contribution in [0.25, 0.3) is 0 Å². The van der Waals surface area contributed by atoms with E-state index >= 15 is 0 Å². The van der Waals surface area contributed by atoms with Gasteiger partial charge in [0.2, 0.25) is 0 Å². The predicted octanol–water partition coefficient (Wildman–Crippen LogP) is 3.59. The van der Waals surface area contributed by atoms with Crippen molar-refractivity contribution in [3.63, 3.8) is 0 Å². The molecule has 0 saturated carbocycles. The summed E-state index contributed by atoms with van der Waals surface area (Å²) in [6.45, 7) is 0.466. The molecule has 0 heterocycles. The minimum absolute atomic E-state index is 0.257. The van der Waals surface area contributed by atoms with Gasteiger partial charge in [-0.2, -0.15) is 5.26 Å². The van der Waals surface area contributed by atoms with Gasteiger partial charge in [0.25, 0.3) is 0 Å². The Hall–Kier alpha value is -2.45. The summed E-state index contributed by atoms with van der Waals surface area (Å²) < 4.78 is 0. The van der Waals surface area contributed by atoms with Crippen molar-refractivity contribution in [2.45, 2.75) is 11.4 Å². The minimum Gasteiger partial charge on any atom is -0.478 e. The first-order valence-corrected chi connectivity index (χ1v) is 7.51. The lowest BCUT2D eigenvalue weighted by Crippen LogP contribution is -2.04. The van der Waals surface area contributed by atoms with Gasteiger partial charge < -0.3 is 10.4 Å². The lowest BCUT2D eigenvalue weighted by Gasteiger charge is -2.11. The van der Waals surface area contributed by atoms with Crippen LogP contribution in [0.3, 0.4) is 0 Å². The molecule has 21 heavy (non-hydrogen) atoms. The Morgan fingerprint density at radius 3 is 2.76 bits per heavy atom. The van der Waals surface area contributed by atoms with Crippen LogP contribution in [0, 0.1) is 11.3 Å². The van der Waals surface area contributed by atoms with Gasteiger partial charge in [-0.05, 0) is 36.1 Å². The second-order valence-electron chi connectivity index (χ2n) is 4.35. The first kappa shape index (κ1) is 14.9. The third-order valence-corrected chi connectivity index (χ3v) is 3.79. The molecule has 0 amide bonds. The van der Waals surface area contributed by atoms with Gasteiger partial charge in [-0.15, -0.1) is 11.8 Å². The fourth-order valence-electron chi connectivity index (χ4n) is 1.98. The number of anilines is 1. The summed E-state index contributed by atoms with van der Waals surface area (Å²) in [4.78, 5) is 11.9. The molecule has 0 atom stereocenters. The van der Waals surface area contributed by atoms with Gasteiger partial charge in [0, 0.05) is 11.4 Å². The molecule has 0 aliphatic carbocycles. The van der Waals surface area contributed by atoms with Crippen molar-refractivity contribution < 1.29 is 9.90 Å². The fourth-order valence-corrected chi connectivity index (χ4v) is 2.55. The number of carboxylic acids is 1. The lowest BCUT2D eigenvalue weighted by atomic mass is 10.1. The first-order chi connectivity index (χ1) is 10.2. The molecule has 2 aromatic carbocycles. The highest BCUT2D eigenvalue weighted by Gasteiger charge is 2.08. The number of hydrogen-bond donors (Lipinski definition) is 2. The number of benzene rings is 2. The second kappa shape index (κ2) is 6.82. The number of rotatable bonds is 5. The Kier molecular flexibility index (Phi) is 4.85. The maximum Gasteiger partial charge on any atom is 0.335 e. The standard InChI is InChI=1S/C16H14N2O2S/c1-21-15-7-3-6-14(13(15)9-17)18-10-11-4-2-5-12(8-11)16(19)20/h2-8,18H,10H2,1H3,(H,19,20). The average molecular weight is 298 g/mol. The summed E-state index contributed by atoms with van der Waals surface area (Å²) in [5, 5.41) is 21.4. The fraction of sp³-hybridized carbons (Fsp3) is 0.125. The molecule has 2 N–H and O–H groups in total. The van der Waals surface area contributed by atoms with E-state index in [2.05, 4.69) is 11.4 Å². The van der Waals surface area contributed by atoms with Crippen LogP contribution in [-0.4, -0.2) is 17.3 Å². The van der Waals surface area contributed by atoms with Crippen molar-refractivity contribution in [3.05, 3.63) is 59.2 Å². The van der Waals surface area contributed by atoms with Crippen molar-refractivity contribution >= 4 is 23.4 Å². The number of carboxylic acid groups (broad SMARTS) is 1. The van der Waals surface area contributed by atoms with Gasteiger partial charge in [-0.3, -0.25) is 0 Å². The zero-order valence-corrected chi connectivity index (χ0v) is 12.3. The van der Waals surface area contributed by atoms with E-state index in [1.165, 1.54) is 11.8 Å². The summed E-state index contributed by atoms with van der Waals surface area (Å²) in [7, 11) is 0. The zero-order valence-electron chi connectivity index (χ0n) is 11.5. The third kappa shape index (κ3) is 3.56. The van der Waals surface area contributed by atoms with Gasteiger partial charge in [0.15, 0.2) is 0 Å². The van der Waals surface area contributed by atoms with Crippen molar-refractivity contribution in [1.82, 2.24) is 0 Å². The number of nitriles is 1. The van der Waals surface area contributed by atoms with Gasteiger partial charge in [0.05, 0.1) is 16.8 Å². The summed E-state index contributed by atoms with van der Waals surface area (Å²) in [6, 6.07) is 14.6. The molecule has 0 radical (unpaired) electrons. The van der Waals surface area contributed by atoms with E-state index in [0.717, 1.165) is 16.1 Å². The monoisotopic (exact) mass is 298 g/mol. The smallest absolute Gasteiger partial charge is 0.335 e.